The molecule has 4 unspecified atom stereocenters. The van der Waals surface area contributed by atoms with Gasteiger partial charge in [0, 0.05) is 21.5 Å². The summed E-state index contributed by atoms with van der Waals surface area (Å²) in [5, 5.41) is 0.795. The van der Waals surface area contributed by atoms with Crippen LogP contribution in [0.3, 0.4) is 0 Å². The molecule has 2 aliphatic rings. The molecule has 3 rings (SSSR count). The normalized spacial score (nSPS) is 31.8. The first-order valence-corrected chi connectivity index (χ1v) is 7.65. The lowest BCUT2D eigenvalue weighted by atomic mass is 9.82. The first-order chi connectivity index (χ1) is 8.63. The summed E-state index contributed by atoms with van der Waals surface area (Å²) in [7, 11) is 0. The van der Waals surface area contributed by atoms with Crippen molar-refractivity contribution in [3.63, 3.8) is 0 Å². The van der Waals surface area contributed by atoms with E-state index in [1.165, 1.54) is 12.8 Å². The van der Waals surface area contributed by atoms with E-state index in [2.05, 4.69) is 22.0 Å². The standard InChI is InChI=1S/C14H17BrClNO/c15-9-2-1-8(12(16)6-9)5-13(17)11-7-10-3-4-14(11)18-10/h1-2,6,10-11,13-14H,3-5,7,17H2. The topological polar surface area (TPSA) is 35.2 Å². The maximum absolute atomic E-state index is 6.35. The van der Waals surface area contributed by atoms with Gasteiger partial charge in [0.15, 0.2) is 0 Å². The van der Waals surface area contributed by atoms with Crippen molar-refractivity contribution in [2.24, 2.45) is 11.7 Å². The fraction of sp³-hybridized carbons (Fsp3) is 0.571. The lowest BCUT2D eigenvalue weighted by Crippen LogP contribution is -2.38. The van der Waals surface area contributed by atoms with Gasteiger partial charge in [-0.1, -0.05) is 33.6 Å². The Morgan fingerprint density at radius 3 is 2.89 bits per heavy atom. The van der Waals surface area contributed by atoms with Crippen LogP contribution in [0.1, 0.15) is 24.8 Å². The first-order valence-electron chi connectivity index (χ1n) is 6.48. The predicted molar refractivity (Wildman–Crippen MR) is 76.8 cm³/mol. The second-order valence-electron chi connectivity index (χ2n) is 5.38. The Labute approximate surface area is 121 Å². The van der Waals surface area contributed by atoms with Gasteiger partial charge >= 0.3 is 0 Å². The molecule has 4 atom stereocenters. The Hall–Kier alpha value is -0.0900. The summed E-state index contributed by atoms with van der Waals surface area (Å²) < 4.78 is 6.88. The van der Waals surface area contributed by atoms with E-state index in [1.807, 2.05) is 12.1 Å². The lowest BCUT2D eigenvalue weighted by Gasteiger charge is -2.25. The molecule has 18 heavy (non-hydrogen) atoms. The summed E-state index contributed by atoms with van der Waals surface area (Å²) in [6.07, 6.45) is 5.21. The minimum Gasteiger partial charge on any atom is -0.375 e. The number of halogens is 2. The van der Waals surface area contributed by atoms with Crippen LogP contribution in [-0.2, 0) is 11.2 Å². The summed E-state index contributed by atoms with van der Waals surface area (Å²) in [5.74, 6) is 0.503. The molecule has 2 nitrogen and oxygen atoms in total. The van der Waals surface area contributed by atoms with Crippen LogP contribution in [0.2, 0.25) is 5.02 Å². The summed E-state index contributed by atoms with van der Waals surface area (Å²) in [5.41, 5.74) is 7.49. The van der Waals surface area contributed by atoms with Crippen LogP contribution in [0.25, 0.3) is 0 Å². The highest BCUT2D eigenvalue weighted by molar-refractivity contribution is 9.10. The molecule has 2 heterocycles. The van der Waals surface area contributed by atoms with Gasteiger partial charge in [0.05, 0.1) is 12.2 Å². The van der Waals surface area contributed by atoms with Crippen LogP contribution in [0.15, 0.2) is 22.7 Å². The van der Waals surface area contributed by atoms with E-state index in [0.29, 0.717) is 18.1 Å². The number of hydrogen-bond donors (Lipinski definition) is 1. The van der Waals surface area contributed by atoms with Crippen molar-refractivity contribution in [2.45, 2.75) is 43.9 Å². The van der Waals surface area contributed by atoms with Crippen molar-refractivity contribution in [3.05, 3.63) is 33.3 Å². The molecule has 2 N–H and O–H groups in total. The Bertz CT molecular complexity index is 453. The van der Waals surface area contributed by atoms with Crippen LogP contribution in [-0.4, -0.2) is 18.2 Å². The number of nitrogens with two attached hydrogens (primary N) is 1. The van der Waals surface area contributed by atoms with Crippen molar-refractivity contribution in [1.29, 1.82) is 0 Å². The lowest BCUT2D eigenvalue weighted by molar-refractivity contribution is 0.0885. The van der Waals surface area contributed by atoms with Crippen molar-refractivity contribution in [2.75, 3.05) is 0 Å². The Morgan fingerprint density at radius 2 is 2.28 bits per heavy atom. The van der Waals surface area contributed by atoms with Crippen molar-refractivity contribution < 1.29 is 4.74 Å². The van der Waals surface area contributed by atoms with Crippen molar-refractivity contribution in [1.82, 2.24) is 0 Å². The summed E-state index contributed by atoms with van der Waals surface area (Å²) >= 11 is 9.66. The van der Waals surface area contributed by atoms with E-state index < -0.39 is 0 Å². The molecule has 2 bridgehead atoms. The quantitative estimate of drug-likeness (QED) is 0.920. The van der Waals surface area contributed by atoms with Gasteiger partial charge in [-0.25, -0.2) is 0 Å². The maximum Gasteiger partial charge on any atom is 0.0623 e. The number of rotatable bonds is 3. The summed E-state index contributed by atoms with van der Waals surface area (Å²) in [4.78, 5) is 0. The van der Waals surface area contributed by atoms with E-state index in [0.717, 1.165) is 27.9 Å². The SMILES string of the molecule is NC(Cc1ccc(Br)cc1Cl)C1CC2CCC1O2. The minimum absolute atomic E-state index is 0.152. The molecule has 4 heteroatoms. The summed E-state index contributed by atoms with van der Waals surface area (Å²) in [6, 6.07) is 6.16. The highest BCUT2D eigenvalue weighted by Crippen LogP contribution is 2.40. The van der Waals surface area contributed by atoms with Crippen LogP contribution in [0.4, 0.5) is 0 Å². The van der Waals surface area contributed by atoms with Gasteiger partial charge < -0.3 is 10.5 Å². The number of hydrogen-bond acceptors (Lipinski definition) is 2. The number of benzene rings is 1. The largest absolute Gasteiger partial charge is 0.375 e. The monoisotopic (exact) mass is 329 g/mol. The molecule has 0 spiro atoms. The first kappa shape index (κ1) is 12.9. The minimum atomic E-state index is 0.152. The molecular formula is C14H17BrClNO. The zero-order valence-electron chi connectivity index (χ0n) is 10.1. The molecule has 0 aliphatic carbocycles. The van der Waals surface area contributed by atoms with E-state index >= 15 is 0 Å². The van der Waals surface area contributed by atoms with E-state index in [-0.39, 0.29) is 6.04 Å². The van der Waals surface area contributed by atoms with Gasteiger partial charge in [-0.2, -0.15) is 0 Å². The second kappa shape index (κ2) is 5.12. The van der Waals surface area contributed by atoms with E-state index in [9.17, 15) is 0 Å². The number of fused-ring (bicyclic) bond motifs is 2. The molecule has 0 saturated carbocycles. The molecule has 1 aromatic carbocycles. The molecule has 1 aromatic rings. The predicted octanol–water partition coefficient (Wildman–Crippen LogP) is 3.54. The second-order valence-corrected chi connectivity index (χ2v) is 6.70. The molecule has 0 amide bonds. The average molecular weight is 331 g/mol. The molecule has 2 aliphatic heterocycles. The fourth-order valence-electron chi connectivity index (χ4n) is 3.22. The Kier molecular flexibility index (Phi) is 3.68. The molecule has 2 saturated heterocycles. The van der Waals surface area contributed by atoms with Gasteiger partial charge in [-0.05, 0) is 43.4 Å². The van der Waals surface area contributed by atoms with Crippen LogP contribution in [0, 0.1) is 5.92 Å². The van der Waals surface area contributed by atoms with Gasteiger partial charge in [0.25, 0.3) is 0 Å². The Morgan fingerprint density at radius 1 is 1.44 bits per heavy atom. The van der Waals surface area contributed by atoms with Crippen molar-refractivity contribution >= 4 is 27.5 Å². The zero-order valence-corrected chi connectivity index (χ0v) is 12.5. The third-order valence-corrected chi connectivity index (χ3v) is 5.02. The molecule has 0 radical (unpaired) electrons. The Balaban J connectivity index is 1.69. The third kappa shape index (κ3) is 2.46. The smallest absolute Gasteiger partial charge is 0.0623 e. The van der Waals surface area contributed by atoms with Gasteiger partial charge in [-0.3, -0.25) is 0 Å². The van der Waals surface area contributed by atoms with E-state index in [1.54, 1.807) is 0 Å². The van der Waals surface area contributed by atoms with E-state index in [4.69, 9.17) is 22.1 Å². The molecule has 98 valence electrons. The zero-order chi connectivity index (χ0) is 12.7. The van der Waals surface area contributed by atoms with Crippen LogP contribution in [0.5, 0.6) is 0 Å². The van der Waals surface area contributed by atoms with Crippen LogP contribution < -0.4 is 5.73 Å². The highest BCUT2D eigenvalue weighted by Gasteiger charge is 2.43. The fourth-order valence-corrected chi connectivity index (χ4v) is 3.97. The van der Waals surface area contributed by atoms with Gasteiger partial charge in [-0.15, -0.1) is 0 Å². The molecule has 2 fully saturated rings. The van der Waals surface area contributed by atoms with Crippen LogP contribution >= 0.6 is 27.5 Å². The third-order valence-electron chi connectivity index (χ3n) is 4.17. The average Bonchev–Trinajstić information content (AvgIpc) is 2.94. The highest BCUT2D eigenvalue weighted by atomic mass is 79.9. The van der Waals surface area contributed by atoms with Gasteiger partial charge in [0.1, 0.15) is 0 Å². The van der Waals surface area contributed by atoms with Gasteiger partial charge in [0.2, 0.25) is 0 Å². The van der Waals surface area contributed by atoms with Crippen molar-refractivity contribution in [3.8, 4) is 0 Å². The number of ether oxygens (including phenoxy) is 1. The maximum atomic E-state index is 6.35. The summed E-state index contributed by atoms with van der Waals surface area (Å²) in [6.45, 7) is 0. The molecular weight excluding hydrogens is 314 g/mol. The molecule has 0 aromatic heterocycles.